The standard InChI is InChI=1S/C20H31N3O2/c24-16-18-9-13-23(14-10-18)20(25)21-15-19-7-4-11-22(19)12-8-17-5-2-1-3-6-17/h1-3,5-6,18-19,24H,4,7-16H2,(H,21,25). The second-order valence-electron chi connectivity index (χ2n) is 7.37. The van der Waals surface area contributed by atoms with Gasteiger partial charge in [0.2, 0.25) is 0 Å². The number of carbonyl (C=O) groups excluding carboxylic acids is 1. The number of rotatable bonds is 6. The first kappa shape index (κ1) is 18.2. The van der Waals surface area contributed by atoms with Crippen molar-refractivity contribution in [3.8, 4) is 0 Å². The highest BCUT2D eigenvalue weighted by molar-refractivity contribution is 5.74. The van der Waals surface area contributed by atoms with E-state index < -0.39 is 0 Å². The molecule has 1 aromatic rings. The lowest BCUT2D eigenvalue weighted by molar-refractivity contribution is 0.135. The molecule has 2 aliphatic rings. The number of urea groups is 1. The van der Waals surface area contributed by atoms with Crippen LogP contribution in [0.25, 0.3) is 0 Å². The van der Waals surface area contributed by atoms with Crippen LogP contribution >= 0.6 is 0 Å². The second kappa shape index (κ2) is 9.20. The highest BCUT2D eigenvalue weighted by Crippen LogP contribution is 2.18. The Kier molecular flexibility index (Phi) is 6.70. The normalized spacial score (nSPS) is 22.3. The van der Waals surface area contributed by atoms with Gasteiger partial charge in [-0.1, -0.05) is 30.3 Å². The monoisotopic (exact) mass is 345 g/mol. The van der Waals surface area contributed by atoms with Crippen LogP contribution in [0.4, 0.5) is 4.79 Å². The van der Waals surface area contributed by atoms with Crippen molar-refractivity contribution in [3.05, 3.63) is 35.9 Å². The van der Waals surface area contributed by atoms with Crippen molar-refractivity contribution in [1.29, 1.82) is 0 Å². The quantitative estimate of drug-likeness (QED) is 0.830. The van der Waals surface area contributed by atoms with E-state index >= 15 is 0 Å². The number of hydrogen-bond donors (Lipinski definition) is 2. The van der Waals surface area contributed by atoms with Crippen molar-refractivity contribution in [2.75, 3.05) is 39.3 Å². The average molecular weight is 345 g/mol. The predicted octanol–water partition coefficient (Wildman–Crippen LogP) is 2.11. The zero-order valence-corrected chi connectivity index (χ0v) is 15.1. The molecule has 138 valence electrons. The SMILES string of the molecule is O=C(NCC1CCCN1CCc1ccccc1)N1CCC(CO)CC1. The number of nitrogens with one attached hydrogen (secondary N) is 1. The van der Waals surface area contributed by atoms with Crippen LogP contribution in [0.5, 0.6) is 0 Å². The zero-order chi connectivity index (χ0) is 17.5. The van der Waals surface area contributed by atoms with Gasteiger partial charge in [0.1, 0.15) is 0 Å². The van der Waals surface area contributed by atoms with Crippen LogP contribution in [-0.2, 0) is 6.42 Å². The number of carbonyl (C=O) groups is 1. The number of piperidine rings is 1. The summed E-state index contributed by atoms with van der Waals surface area (Å²) in [5.74, 6) is 0.368. The molecule has 2 amide bonds. The molecule has 2 aliphatic heterocycles. The van der Waals surface area contributed by atoms with Crippen molar-refractivity contribution in [2.45, 2.75) is 38.1 Å². The van der Waals surface area contributed by atoms with Crippen LogP contribution in [0.1, 0.15) is 31.2 Å². The van der Waals surface area contributed by atoms with Gasteiger partial charge >= 0.3 is 6.03 Å². The Morgan fingerprint density at radius 2 is 1.88 bits per heavy atom. The summed E-state index contributed by atoms with van der Waals surface area (Å²) in [6.45, 7) is 4.71. The Bertz CT molecular complexity index is 529. The lowest BCUT2D eigenvalue weighted by atomic mass is 9.98. The Morgan fingerprint density at radius 1 is 1.12 bits per heavy atom. The largest absolute Gasteiger partial charge is 0.396 e. The van der Waals surface area contributed by atoms with Gasteiger partial charge in [-0.3, -0.25) is 4.90 Å². The van der Waals surface area contributed by atoms with Crippen LogP contribution < -0.4 is 5.32 Å². The fraction of sp³-hybridized carbons (Fsp3) is 0.650. The van der Waals surface area contributed by atoms with E-state index in [-0.39, 0.29) is 12.6 Å². The Labute approximate surface area is 151 Å². The molecule has 2 N–H and O–H groups in total. The third-order valence-electron chi connectivity index (χ3n) is 5.68. The number of amides is 2. The average Bonchev–Trinajstić information content (AvgIpc) is 3.13. The van der Waals surface area contributed by atoms with E-state index in [1.54, 1.807) is 0 Å². The summed E-state index contributed by atoms with van der Waals surface area (Å²) in [5, 5.41) is 12.3. The predicted molar refractivity (Wildman–Crippen MR) is 99.5 cm³/mol. The number of likely N-dealkylation sites (tertiary alicyclic amines) is 2. The number of benzene rings is 1. The Morgan fingerprint density at radius 3 is 2.60 bits per heavy atom. The Hall–Kier alpha value is -1.59. The molecular formula is C20H31N3O2. The summed E-state index contributed by atoms with van der Waals surface area (Å²) in [4.78, 5) is 16.8. The number of aliphatic hydroxyl groups is 1. The number of nitrogens with zero attached hydrogens (tertiary/aromatic N) is 2. The summed E-state index contributed by atoms with van der Waals surface area (Å²) in [6.07, 6.45) is 5.28. The lowest BCUT2D eigenvalue weighted by Gasteiger charge is -2.32. The smallest absolute Gasteiger partial charge is 0.317 e. The van der Waals surface area contributed by atoms with Crippen molar-refractivity contribution >= 4 is 6.03 Å². The zero-order valence-electron chi connectivity index (χ0n) is 15.1. The second-order valence-corrected chi connectivity index (χ2v) is 7.37. The van der Waals surface area contributed by atoms with E-state index in [0.717, 1.165) is 52.0 Å². The molecule has 25 heavy (non-hydrogen) atoms. The molecule has 1 atom stereocenters. The van der Waals surface area contributed by atoms with Crippen molar-refractivity contribution in [3.63, 3.8) is 0 Å². The van der Waals surface area contributed by atoms with E-state index in [0.29, 0.717) is 12.0 Å². The summed E-state index contributed by atoms with van der Waals surface area (Å²) in [7, 11) is 0. The molecule has 5 heteroatoms. The Balaban J connectivity index is 1.40. The van der Waals surface area contributed by atoms with Crippen LogP contribution in [-0.4, -0.2) is 66.3 Å². The molecule has 0 aliphatic carbocycles. The summed E-state index contributed by atoms with van der Waals surface area (Å²) >= 11 is 0. The molecule has 2 fully saturated rings. The number of hydrogen-bond acceptors (Lipinski definition) is 3. The van der Waals surface area contributed by atoms with E-state index in [1.165, 1.54) is 18.4 Å². The van der Waals surface area contributed by atoms with Crippen LogP contribution in [0.15, 0.2) is 30.3 Å². The fourth-order valence-corrected chi connectivity index (χ4v) is 3.97. The van der Waals surface area contributed by atoms with Gasteiger partial charge in [-0.05, 0) is 50.1 Å². The molecule has 5 nitrogen and oxygen atoms in total. The molecule has 0 bridgehead atoms. The van der Waals surface area contributed by atoms with Crippen LogP contribution in [0, 0.1) is 5.92 Å². The van der Waals surface area contributed by atoms with E-state index in [9.17, 15) is 9.90 Å². The molecule has 2 heterocycles. The molecule has 0 radical (unpaired) electrons. The fourth-order valence-electron chi connectivity index (χ4n) is 3.97. The van der Waals surface area contributed by atoms with Crippen molar-refractivity contribution in [2.24, 2.45) is 5.92 Å². The van der Waals surface area contributed by atoms with Gasteiger partial charge in [-0.2, -0.15) is 0 Å². The van der Waals surface area contributed by atoms with E-state index in [1.807, 2.05) is 4.90 Å². The molecule has 1 aromatic carbocycles. The number of aliphatic hydroxyl groups excluding tert-OH is 1. The van der Waals surface area contributed by atoms with Crippen LogP contribution in [0.2, 0.25) is 0 Å². The first-order valence-electron chi connectivity index (χ1n) is 9.68. The molecular weight excluding hydrogens is 314 g/mol. The van der Waals surface area contributed by atoms with Gasteiger partial charge < -0.3 is 15.3 Å². The minimum Gasteiger partial charge on any atom is -0.396 e. The molecule has 0 aromatic heterocycles. The minimum atomic E-state index is 0.0614. The van der Waals surface area contributed by atoms with Crippen LogP contribution in [0.3, 0.4) is 0 Å². The summed E-state index contributed by atoms with van der Waals surface area (Å²) < 4.78 is 0. The lowest BCUT2D eigenvalue weighted by Crippen LogP contribution is -2.48. The summed E-state index contributed by atoms with van der Waals surface area (Å²) in [5.41, 5.74) is 1.38. The first-order valence-corrected chi connectivity index (χ1v) is 9.68. The maximum atomic E-state index is 12.4. The maximum absolute atomic E-state index is 12.4. The van der Waals surface area contributed by atoms with E-state index in [4.69, 9.17) is 0 Å². The van der Waals surface area contributed by atoms with Crippen molar-refractivity contribution < 1.29 is 9.90 Å². The van der Waals surface area contributed by atoms with Gasteiger partial charge in [0.25, 0.3) is 0 Å². The third kappa shape index (κ3) is 5.19. The molecule has 3 rings (SSSR count). The van der Waals surface area contributed by atoms with E-state index in [2.05, 4.69) is 40.5 Å². The highest BCUT2D eigenvalue weighted by atomic mass is 16.3. The van der Waals surface area contributed by atoms with Gasteiger partial charge in [0.05, 0.1) is 0 Å². The van der Waals surface area contributed by atoms with Gasteiger partial charge in [0, 0.05) is 38.8 Å². The molecule has 0 spiro atoms. The minimum absolute atomic E-state index is 0.0614. The third-order valence-corrected chi connectivity index (χ3v) is 5.68. The summed E-state index contributed by atoms with van der Waals surface area (Å²) in [6, 6.07) is 11.1. The maximum Gasteiger partial charge on any atom is 0.317 e. The first-order chi connectivity index (χ1) is 12.3. The van der Waals surface area contributed by atoms with Gasteiger partial charge in [0.15, 0.2) is 0 Å². The van der Waals surface area contributed by atoms with Gasteiger partial charge in [-0.25, -0.2) is 4.79 Å². The van der Waals surface area contributed by atoms with Crippen molar-refractivity contribution in [1.82, 2.24) is 15.1 Å². The molecule has 1 unspecified atom stereocenters. The molecule has 0 saturated carbocycles. The van der Waals surface area contributed by atoms with Gasteiger partial charge in [-0.15, -0.1) is 0 Å². The molecule has 2 saturated heterocycles. The topological polar surface area (TPSA) is 55.8 Å². The highest BCUT2D eigenvalue weighted by Gasteiger charge is 2.26.